The molecule has 8 aromatic carbocycles. The van der Waals surface area contributed by atoms with E-state index >= 15 is 0 Å². The van der Waals surface area contributed by atoms with Gasteiger partial charge in [-0.1, -0.05) is 127 Å². The predicted molar refractivity (Wildman–Crippen MR) is 252 cm³/mol. The zero-order chi connectivity index (χ0) is 41.4. The highest BCUT2D eigenvalue weighted by molar-refractivity contribution is 6.17. The molecule has 0 aliphatic heterocycles. The van der Waals surface area contributed by atoms with Crippen LogP contribution in [0.3, 0.4) is 0 Å². The van der Waals surface area contributed by atoms with Gasteiger partial charge in [-0.3, -0.25) is 4.98 Å². The Balaban J connectivity index is 0.923. The van der Waals surface area contributed by atoms with Crippen LogP contribution in [-0.4, -0.2) is 19.9 Å². The standard InChI is InChI=1S/C56H32N4O3/c1-4-12-47-42(9-1)44-25-23-38(31-51(44)62-47)56-59-54(35-19-15-33(16-20-35)39-8-7-29-57-32-39)58-55(60-56)36-21-17-34(18-22-36)40-26-27-41(53-52(40)45-11-3-6-14-49(45)63-53)37-24-28-50-46(30-37)43-10-2-5-13-48(43)61-50/h1-32H. The zero-order valence-corrected chi connectivity index (χ0v) is 33.5. The Hall–Kier alpha value is -8.68. The summed E-state index contributed by atoms with van der Waals surface area (Å²) in [5, 5.41) is 6.42. The number of pyridine rings is 1. The van der Waals surface area contributed by atoms with Crippen molar-refractivity contribution in [1.29, 1.82) is 0 Å². The molecule has 0 fully saturated rings. The van der Waals surface area contributed by atoms with Crippen molar-refractivity contribution in [2.24, 2.45) is 0 Å². The quantitative estimate of drug-likeness (QED) is 0.165. The predicted octanol–water partition coefficient (Wildman–Crippen LogP) is 15.0. The summed E-state index contributed by atoms with van der Waals surface area (Å²) in [5.41, 5.74) is 13.9. The second-order valence-corrected chi connectivity index (χ2v) is 15.8. The first-order valence-electron chi connectivity index (χ1n) is 20.8. The molecule has 0 saturated heterocycles. The lowest BCUT2D eigenvalue weighted by molar-refractivity contribution is 0.668. The first-order chi connectivity index (χ1) is 31.2. The van der Waals surface area contributed by atoms with Gasteiger partial charge >= 0.3 is 0 Å². The molecule has 0 bridgehead atoms. The fourth-order valence-electron chi connectivity index (χ4n) is 8.96. The van der Waals surface area contributed by atoms with Crippen molar-refractivity contribution < 1.29 is 13.3 Å². The number of para-hydroxylation sites is 3. The Morgan fingerprint density at radius 3 is 1.52 bits per heavy atom. The van der Waals surface area contributed by atoms with Crippen molar-refractivity contribution in [2.45, 2.75) is 0 Å². The van der Waals surface area contributed by atoms with Gasteiger partial charge in [0.05, 0.1) is 0 Å². The SMILES string of the molecule is c1cncc(-c2ccc(-c3nc(-c4ccc(-c5ccc(-c6ccc7oc8ccccc8c7c6)c6oc7ccccc7c56)cc4)nc(-c4ccc5c(c4)oc4ccccc45)n3)cc2)c1. The smallest absolute Gasteiger partial charge is 0.164 e. The monoisotopic (exact) mass is 808 g/mol. The Morgan fingerprint density at radius 1 is 0.302 bits per heavy atom. The molecule has 7 heteroatoms. The molecule has 0 amide bonds. The fourth-order valence-corrected chi connectivity index (χ4v) is 8.96. The van der Waals surface area contributed by atoms with E-state index in [9.17, 15) is 0 Å². The van der Waals surface area contributed by atoms with Crippen LogP contribution in [0.4, 0.5) is 0 Å². The van der Waals surface area contributed by atoms with Crippen molar-refractivity contribution in [3.63, 3.8) is 0 Å². The van der Waals surface area contributed by atoms with Crippen LogP contribution in [0.2, 0.25) is 0 Å². The Bertz CT molecular complexity index is 3900. The largest absolute Gasteiger partial charge is 0.456 e. The lowest BCUT2D eigenvalue weighted by Crippen LogP contribution is -2.00. The Labute approximate surface area is 359 Å². The molecule has 0 saturated carbocycles. The zero-order valence-electron chi connectivity index (χ0n) is 33.5. The minimum absolute atomic E-state index is 0.557. The maximum Gasteiger partial charge on any atom is 0.164 e. The van der Waals surface area contributed by atoms with Gasteiger partial charge in [0.15, 0.2) is 17.5 Å². The van der Waals surface area contributed by atoms with Gasteiger partial charge in [-0.2, -0.15) is 0 Å². The lowest BCUT2D eigenvalue weighted by Gasteiger charge is -2.11. The number of benzene rings is 8. The minimum atomic E-state index is 0.557. The van der Waals surface area contributed by atoms with Gasteiger partial charge in [0.2, 0.25) is 0 Å². The summed E-state index contributed by atoms with van der Waals surface area (Å²) in [6.45, 7) is 0. The molecule has 0 N–H and O–H groups in total. The van der Waals surface area contributed by atoms with E-state index in [2.05, 4.69) is 126 Å². The van der Waals surface area contributed by atoms with Crippen molar-refractivity contribution >= 4 is 65.8 Å². The molecule has 0 aliphatic carbocycles. The molecule has 13 aromatic rings. The van der Waals surface area contributed by atoms with Crippen LogP contribution in [0.1, 0.15) is 0 Å². The van der Waals surface area contributed by atoms with E-state index in [1.807, 2.05) is 66.9 Å². The number of furan rings is 3. The molecule has 0 aliphatic rings. The number of hydrogen-bond donors (Lipinski definition) is 0. The first-order valence-corrected chi connectivity index (χ1v) is 20.8. The highest BCUT2D eigenvalue weighted by Gasteiger charge is 2.20. The van der Waals surface area contributed by atoms with Gasteiger partial charge in [0, 0.05) is 67.0 Å². The molecule has 5 heterocycles. The lowest BCUT2D eigenvalue weighted by atomic mass is 9.93. The summed E-state index contributed by atoms with van der Waals surface area (Å²) >= 11 is 0. The van der Waals surface area contributed by atoms with E-state index in [1.54, 1.807) is 6.20 Å². The van der Waals surface area contributed by atoms with Crippen molar-refractivity contribution in [2.75, 3.05) is 0 Å². The summed E-state index contributed by atoms with van der Waals surface area (Å²) < 4.78 is 19.1. The molecule has 7 nitrogen and oxygen atoms in total. The average Bonchev–Trinajstić information content (AvgIpc) is 4.05. The third-order valence-electron chi connectivity index (χ3n) is 12.1. The maximum atomic E-state index is 6.70. The molecule has 13 rings (SSSR count). The minimum Gasteiger partial charge on any atom is -0.456 e. The van der Waals surface area contributed by atoms with Crippen LogP contribution < -0.4 is 0 Å². The van der Waals surface area contributed by atoms with Crippen LogP contribution in [0.15, 0.2) is 208 Å². The van der Waals surface area contributed by atoms with Gasteiger partial charge in [-0.05, 0) is 82.4 Å². The van der Waals surface area contributed by atoms with Crippen LogP contribution in [-0.2, 0) is 0 Å². The summed E-state index contributed by atoms with van der Waals surface area (Å²) in [7, 11) is 0. The van der Waals surface area contributed by atoms with Gasteiger partial charge < -0.3 is 13.3 Å². The van der Waals surface area contributed by atoms with Crippen molar-refractivity contribution in [3.05, 3.63) is 194 Å². The normalized spacial score (nSPS) is 11.8. The molecule has 63 heavy (non-hydrogen) atoms. The molecule has 0 atom stereocenters. The second kappa shape index (κ2) is 13.9. The molecule has 5 aromatic heterocycles. The summed E-state index contributed by atoms with van der Waals surface area (Å²) in [6.07, 6.45) is 3.64. The Morgan fingerprint density at radius 2 is 0.825 bits per heavy atom. The van der Waals surface area contributed by atoms with Gasteiger partial charge in [-0.15, -0.1) is 0 Å². The van der Waals surface area contributed by atoms with E-state index in [1.165, 1.54) is 0 Å². The molecule has 294 valence electrons. The molecular formula is C56H32N4O3. The highest BCUT2D eigenvalue weighted by Crippen LogP contribution is 2.43. The number of nitrogens with zero attached hydrogens (tertiary/aromatic N) is 4. The van der Waals surface area contributed by atoms with Gasteiger partial charge in [0.25, 0.3) is 0 Å². The number of rotatable bonds is 6. The molecule has 0 spiro atoms. The fraction of sp³-hybridized carbons (Fsp3) is 0. The summed E-state index contributed by atoms with van der Waals surface area (Å²) in [5.74, 6) is 1.70. The molecular weight excluding hydrogens is 777 g/mol. The third-order valence-corrected chi connectivity index (χ3v) is 12.1. The van der Waals surface area contributed by atoms with Gasteiger partial charge in [-0.25, -0.2) is 15.0 Å². The summed E-state index contributed by atoms with van der Waals surface area (Å²) in [4.78, 5) is 19.5. The van der Waals surface area contributed by atoms with Crippen LogP contribution in [0, 0.1) is 0 Å². The highest BCUT2D eigenvalue weighted by atomic mass is 16.3. The average molecular weight is 809 g/mol. The Kier molecular flexibility index (Phi) is 7.77. The van der Waals surface area contributed by atoms with E-state index in [0.717, 1.165) is 116 Å². The van der Waals surface area contributed by atoms with E-state index in [0.29, 0.717) is 17.5 Å². The van der Waals surface area contributed by atoms with Crippen LogP contribution in [0.5, 0.6) is 0 Å². The summed E-state index contributed by atoms with van der Waals surface area (Å²) in [6, 6.07) is 62.1. The van der Waals surface area contributed by atoms with Crippen molar-refractivity contribution in [1.82, 2.24) is 19.9 Å². The van der Waals surface area contributed by atoms with Crippen molar-refractivity contribution in [3.8, 4) is 67.5 Å². The van der Waals surface area contributed by atoms with Crippen LogP contribution >= 0.6 is 0 Å². The maximum absolute atomic E-state index is 6.70. The number of aromatic nitrogens is 4. The van der Waals surface area contributed by atoms with E-state index < -0.39 is 0 Å². The molecule has 0 unspecified atom stereocenters. The number of hydrogen-bond acceptors (Lipinski definition) is 7. The first kappa shape index (κ1) is 35.1. The van der Waals surface area contributed by atoms with Gasteiger partial charge in [0.1, 0.15) is 33.5 Å². The van der Waals surface area contributed by atoms with Crippen LogP contribution in [0.25, 0.3) is 133 Å². The number of fused-ring (bicyclic) bond motifs is 9. The van der Waals surface area contributed by atoms with E-state index in [-0.39, 0.29) is 0 Å². The topological polar surface area (TPSA) is 91.0 Å². The third kappa shape index (κ3) is 5.82. The molecule has 0 radical (unpaired) electrons. The second-order valence-electron chi connectivity index (χ2n) is 15.8. The van der Waals surface area contributed by atoms with E-state index in [4.69, 9.17) is 28.2 Å².